The smallest absolute Gasteiger partial charge is 0.341 e. The summed E-state index contributed by atoms with van der Waals surface area (Å²) in [5, 5.41) is 0. The highest BCUT2D eigenvalue weighted by atomic mass is 16.5. The second-order valence-corrected chi connectivity index (χ2v) is 7.09. The fraction of sp³-hybridized carbons (Fsp3) is 0.450. The zero-order valence-electron chi connectivity index (χ0n) is 15.8. The van der Waals surface area contributed by atoms with Crippen LogP contribution < -0.4 is 10.3 Å². The number of benzene rings is 1. The summed E-state index contributed by atoms with van der Waals surface area (Å²) in [6.07, 6.45) is 5.75. The molecular formula is C20H23N3O4. The van der Waals surface area contributed by atoms with Crippen molar-refractivity contribution in [3.05, 3.63) is 39.6 Å². The molecule has 7 heteroatoms. The Kier molecular flexibility index (Phi) is 4.37. The maximum Gasteiger partial charge on any atom is 0.341 e. The monoisotopic (exact) mass is 369 g/mol. The number of fused-ring (bicyclic) bond motifs is 3. The molecule has 142 valence electrons. The molecule has 1 saturated carbocycles. The van der Waals surface area contributed by atoms with Gasteiger partial charge >= 0.3 is 5.97 Å². The van der Waals surface area contributed by atoms with E-state index in [2.05, 4.69) is 4.98 Å². The van der Waals surface area contributed by atoms with Crippen LogP contribution in [0.25, 0.3) is 16.6 Å². The molecule has 0 bridgehead atoms. The summed E-state index contributed by atoms with van der Waals surface area (Å²) in [7, 11) is 2.83. The number of hydrogen-bond donors (Lipinski definition) is 1. The molecule has 0 saturated heterocycles. The number of esters is 1. The van der Waals surface area contributed by atoms with E-state index in [0.717, 1.165) is 29.9 Å². The average Bonchev–Trinajstić information content (AvgIpc) is 3.05. The molecule has 1 N–H and O–H groups in total. The van der Waals surface area contributed by atoms with E-state index < -0.39 is 5.97 Å². The molecule has 4 rings (SSSR count). The van der Waals surface area contributed by atoms with Gasteiger partial charge in [-0.1, -0.05) is 19.3 Å². The Morgan fingerprint density at radius 3 is 2.63 bits per heavy atom. The van der Waals surface area contributed by atoms with Crippen molar-refractivity contribution in [2.75, 3.05) is 14.2 Å². The topological polar surface area (TPSA) is 85.7 Å². The molecule has 3 aromatic rings. The molecule has 1 fully saturated rings. The molecule has 2 aromatic heterocycles. The van der Waals surface area contributed by atoms with E-state index in [1.807, 2.05) is 11.3 Å². The van der Waals surface area contributed by atoms with Crippen molar-refractivity contribution in [3.63, 3.8) is 0 Å². The number of ether oxygens (including phenoxy) is 2. The second kappa shape index (κ2) is 6.72. The van der Waals surface area contributed by atoms with Crippen molar-refractivity contribution in [1.82, 2.24) is 14.4 Å². The van der Waals surface area contributed by atoms with Gasteiger partial charge in [-0.25, -0.2) is 9.78 Å². The Morgan fingerprint density at radius 2 is 1.96 bits per heavy atom. The number of rotatable bonds is 3. The van der Waals surface area contributed by atoms with Gasteiger partial charge in [-0.3, -0.25) is 9.20 Å². The van der Waals surface area contributed by atoms with Crippen LogP contribution in [-0.4, -0.2) is 34.6 Å². The quantitative estimate of drug-likeness (QED) is 0.716. The fourth-order valence-electron chi connectivity index (χ4n) is 4.17. The van der Waals surface area contributed by atoms with E-state index in [4.69, 9.17) is 14.5 Å². The minimum atomic E-state index is -0.510. The summed E-state index contributed by atoms with van der Waals surface area (Å²) >= 11 is 0. The second-order valence-electron chi connectivity index (χ2n) is 7.09. The number of methoxy groups -OCH3 is 2. The molecule has 0 amide bonds. The number of carbonyl (C=O) groups is 1. The number of aryl methyl sites for hydroxylation is 1. The molecule has 0 aliphatic heterocycles. The van der Waals surface area contributed by atoms with Crippen molar-refractivity contribution in [1.29, 1.82) is 0 Å². The number of nitrogens with one attached hydrogen (secondary N) is 1. The Bertz CT molecular complexity index is 1090. The van der Waals surface area contributed by atoms with E-state index in [1.165, 1.54) is 33.5 Å². The lowest BCUT2D eigenvalue weighted by atomic mass is 9.88. The van der Waals surface area contributed by atoms with Crippen molar-refractivity contribution in [2.45, 2.75) is 44.9 Å². The van der Waals surface area contributed by atoms with Crippen LogP contribution >= 0.6 is 0 Å². The third kappa shape index (κ3) is 2.78. The average molecular weight is 369 g/mol. The first-order valence-electron chi connectivity index (χ1n) is 9.26. The number of aromatic nitrogens is 3. The lowest BCUT2D eigenvalue weighted by molar-refractivity contribution is 0.0597. The molecule has 2 heterocycles. The van der Waals surface area contributed by atoms with Gasteiger partial charge in [0, 0.05) is 12.0 Å². The minimum Gasteiger partial charge on any atom is -0.496 e. The Hall–Kier alpha value is -2.83. The van der Waals surface area contributed by atoms with Crippen LogP contribution in [0.5, 0.6) is 5.75 Å². The lowest BCUT2D eigenvalue weighted by Gasteiger charge is -2.21. The van der Waals surface area contributed by atoms with Gasteiger partial charge in [0.25, 0.3) is 5.56 Å². The molecule has 0 radical (unpaired) electrons. The van der Waals surface area contributed by atoms with Crippen molar-refractivity contribution < 1.29 is 14.3 Å². The summed E-state index contributed by atoms with van der Waals surface area (Å²) in [4.78, 5) is 32.5. The van der Waals surface area contributed by atoms with E-state index in [-0.39, 0.29) is 11.1 Å². The molecule has 7 nitrogen and oxygen atoms in total. The summed E-state index contributed by atoms with van der Waals surface area (Å²) in [5.41, 5.74) is 2.67. The Labute approximate surface area is 156 Å². The number of H-pyrrole nitrogens is 1. The van der Waals surface area contributed by atoms with E-state index in [1.54, 1.807) is 12.1 Å². The van der Waals surface area contributed by atoms with E-state index in [9.17, 15) is 9.59 Å². The summed E-state index contributed by atoms with van der Waals surface area (Å²) in [6.45, 7) is 1.86. The number of aromatic amines is 1. The minimum absolute atomic E-state index is 0.212. The molecular weight excluding hydrogens is 346 g/mol. The number of carbonyl (C=O) groups excluding carboxylic acids is 1. The number of hydrogen-bond acceptors (Lipinski definition) is 5. The highest BCUT2D eigenvalue weighted by Crippen LogP contribution is 2.34. The van der Waals surface area contributed by atoms with Crippen LogP contribution in [0.15, 0.2) is 16.9 Å². The highest BCUT2D eigenvalue weighted by Gasteiger charge is 2.25. The van der Waals surface area contributed by atoms with E-state index in [0.29, 0.717) is 22.7 Å². The van der Waals surface area contributed by atoms with Gasteiger partial charge in [0.2, 0.25) is 0 Å². The van der Waals surface area contributed by atoms with Crippen molar-refractivity contribution in [3.8, 4) is 5.75 Å². The lowest BCUT2D eigenvalue weighted by Crippen LogP contribution is -2.15. The van der Waals surface area contributed by atoms with Gasteiger partial charge in [0.05, 0.1) is 30.9 Å². The van der Waals surface area contributed by atoms with Crippen LogP contribution in [0, 0.1) is 6.92 Å². The molecule has 0 atom stereocenters. The number of nitrogens with zero attached hydrogens (tertiary/aromatic N) is 2. The van der Waals surface area contributed by atoms with Gasteiger partial charge < -0.3 is 14.5 Å². The van der Waals surface area contributed by atoms with Crippen molar-refractivity contribution >= 4 is 22.5 Å². The van der Waals surface area contributed by atoms with Gasteiger partial charge in [-0.05, 0) is 25.8 Å². The van der Waals surface area contributed by atoms with Gasteiger partial charge in [0.1, 0.15) is 22.7 Å². The largest absolute Gasteiger partial charge is 0.496 e. The fourth-order valence-corrected chi connectivity index (χ4v) is 4.17. The first kappa shape index (κ1) is 17.6. The maximum atomic E-state index is 12.8. The maximum absolute atomic E-state index is 12.8. The zero-order chi connectivity index (χ0) is 19.1. The van der Waals surface area contributed by atoms with Gasteiger partial charge in [0.15, 0.2) is 0 Å². The summed E-state index contributed by atoms with van der Waals surface area (Å²) < 4.78 is 12.2. The molecule has 1 aromatic carbocycles. The summed E-state index contributed by atoms with van der Waals surface area (Å²) in [5.74, 6) is 1.15. The van der Waals surface area contributed by atoms with Crippen molar-refractivity contribution in [2.24, 2.45) is 0 Å². The van der Waals surface area contributed by atoms with Crippen LogP contribution in [0.3, 0.4) is 0 Å². The normalized spacial score (nSPS) is 15.4. The molecule has 1 aliphatic rings. The molecule has 1 aliphatic carbocycles. The third-order valence-corrected chi connectivity index (χ3v) is 5.48. The van der Waals surface area contributed by atoms with Gasteiger partial charge in [-0.15, -0.1) is 0 Å². The predicted molar refractivity (Wildman–Crippen MR) is 102 cm³/mol. The first-order chi connectivity index (χ1) is 13.0. The van der Waals surface area contributed by atoms with Crippen LogP contribution in [-0.2, 0) is 4.74 Å². The van der Waals surface area contributed by atoms with E-state index >= 15 is 0 Å². The SMILES string of the molecule is COC(=O)c1cc2[nH]c(=O)c3c(C)nc(C4CCCCC4)n3c2cc1OC. The van der Waals surface area contributed by atoms with Crippen LogP contribution in [0.1, 0.15) is 59.9 Å². The highest BCUT2D eigenvalue weighted by molar-refractivity contribution is 5.97. The Balaban J connectivity index is 2.06. The predicted octanol–water partition coefficient (Wildman–Crippen LogP) is 3.33. The molecule has 27 heavy (non-hydrogen) atoms. The number of imidazole rings is 1. The van der Waals surface area contributed by atoms with Crippen LogP contribution in [0.2, 0.25) is 0 Å². The van der Waals surface area contributed by atoms with Crippen LogP contribution in [0.4, 0.5) is 0 Å². The van der Waals surface area contributed by atoms with Gasteiger partial charge in [-0.2, -0.15) is 0 Å². The molecule has 0 spiro atoms. The first-order valence-corrected chi connectivity index (χ1v) is 9.26. The standard InChI is InChI=1S/C20H23N3O4/c1-11-17-19(24)22-14-9-13(20(25)27-3)16(26-2)10-15(14)23(17)18(21-11)12-7-5-4-6-8-12/h9-10,12H,4-8H2,1-3H3,(H,22,24). The zero-order valence-corrected chi connectivity index (χ0v) is 15.8. The third-order valence-electron chi connectivity index (χ3n) is 5.48. The molecule has 0 unspecified atom stereocenters. The summed E-state index contributed by atoms with van der Waals surface area (Å²) in [6, 6.07) is 3.39. The Morgan fingerprint density at radius 1 is 1.22 bits per heavy atom.